The molecule has 0 N–H and O–H groups in total. The van der Waals surface area contributed by atoms with Gasteiger partial charge in [-0.3, -0.25) is 4.79 Å². The lowest BCUT2D eigenvalue weighted by Gasteiger charge is -2.22. The summed E-state index contributed by atoms with van der Waals surface area (Å²) in [6.07, 6.45) is 0.386. The Bertz CT molecular complexity index is 601. The van der Waals surface area contributed by atoms with Crippen molar-refractivity contribution in [3.63, 3.8) is 0 Å². The van der Waals surface area contributed by atoms with Crippen LogP contribution in [0, 0.1) is 13.8 Å². The lowest BCUT2D eigenvalue weighted by molar-refractivity contribution is 0.0753. The van der Waals surface area contributed by atoms with Gasteiger partial charge in [-0.25, -0.2) is 4.79 Å². The van der Waals surface area contributed by atoms with Crippen LogP contribution < -0.4 is 4.74 Å². The van der Waals surface area contributed by atoms with Crippen molar-refractivity contribution in [2.75, 3.05) is 40.4 Å². The van der Waals surface area contributed by atoms with Crippen LogP contribution in [0.25, 0.3) is 0 Å². The average molecular weight is 320 g/mol. The van der Waals surface area contributed by atoms with Crippen molar-refractivity contribution in [3.05, 3.63) is 28.8 Å². The molecular weight excluding hydrogens is 296 g/mol. The van der Waals surface area contributed by atoms with E-state index in [0.717, 1.165) is 17.5 Å². The molecule has 0 bridgehead atoms. The maximum Gasteiger partial charge on any atom is 0.409 e. The maximum absolute atomic E-state index is 12.9. The van der Waals surface area contributed by atoms with E-state index in [0.29, 0.717) is 37.5 Å². The number of methoxy groups -OCH3 is 2. The predicted octanol–water partition coefficient (Wildman–Crippen LogP) is 2.23. The summed E-state index contributed by atoms with van der Waals surface area (Å²) < 4.78 is 10.1. The molecule has 0 aromatic heterocycles. The van der Waals surface area contributed by atoms with Crippen LogP contribution in [-0.4, -0.2) is 62.2 Å². The van der Waals surface area contributed by atoms with Gasteiger partial charge in [0.1, 0.15) is 5.75 Å². The van der Waals surface area contributed by atoms with Crippen molar-refractivity contribution in [1.29, 1.82) is 0 Å². The van der Waals surface area contributed by atoms with Gasteiger partial charge >= 0.3 is 6.09 Å². The van der Waals surface area contributed by atoms with Crippen LogP contribution in [0.1, 0.15) is 27.9 Å². The van der Waals surface area contributed by atoms with Gasteiger partial charge < -0.3 is 19.3 Å². The molecule has 126 valence electrons. The Labute approximate surface area is 137 Å². The van der Waals surface area contributed by atoms with Crippen LogP contribution in [0.4, 0.5) is 4.79 Å². The number of hydrogen-bond acceptors (Lipinski definition) is 4. The minimum absolute atomic E-state index is 0.0586. The van der Waals surface area contributed by atoms with E-state index in [-0.39, 0.29) is 12.0 Å². The fourth-order valence-electron chi connectivity index (χ4n) is 2.73. The third-order valence-corrected chi connectivity index (χ3v) is 4.26. The smallest absolute Gasteiger partial charge is 0.409 e. The predicted molar refractivity (Wildman–Crippen MR) is 87.0 cm³/mol. The Kier molecular flexibility index (Phi) is 5.47. The summed E-state index contributed by atoms with van der Waals surface area (Å²) >= 11 is 0. The summed E-state index contributed by atoms with van der Waals surface area (Å²) in [4.78, 5) is 27.9. The van der Waals surface area contributed by atoms with Gasteiger partial charge in [0, 0.05) is 26.2 Å². The van der Waals surface area contributed by atoms with Crippen LogP contribution in [0.5, 0.6) is 5.75 Å². The Morgan fingerprint density at radius 3 is 2.22 bits per heavy atom. The molecule has 1 aliphatic rings. The van der Waals surface area contributed by atoms with Crippen LogP contribution in [0.2, 0.25) is 0 Å². The van der Waals surface area contributed by atoms with E-state index in [1.165, 1.54) is 7.11 Å². The molecular formula is C17H24N2O4. The highest BCUT2D eigenvalue weighted by molar-refractivity contribution is 5.97. The standard InChI is InChI=1S/C17H24N2O4/c1-12-10-14(15(22-3)11-13(12)2)16(20)18-6-5-7-19(9-8-18)17(21)23-4/h10-11H,5-9H2,1-4H3. The van der Waals surface area contributed by atoms with Gasteiger partial charge in [0.15, 0.2) is 0 Å². The fourth-order valence-corrected chi connectivity index (χ4v) is 2.73. The Morgan fingerprint density at radius 1 is 0.957 bits per heavy atom. The molecule has 1 saturated heterocycles. The first-order valence-corrected chi connectivity index (χ1v) is 7.75. The molecule has 2 amide bonds. The molecule has 23 heavy (non-hydrogen) atoms. The number of hydrogen-bond donors (Lipinski definition) is 0. The highest BCUT2D eigenvalue weighted by atomic mass is 16.5. The summed E-state index contributed by atoms with van der Waals surface area (Å²) in [6.45, 7) is 6.15. The molecule has 0 aliphatic carbocycles. The lowest BCUT2D eigenvalue weighted by Crippen LogP contribution is -2.37. The molecule has 1 aromatic rings. The van der Waals surface area contributed by atoms with Crippen molar-refractivity contribution < 1.29 is 19.1 Å². The summed E-state index contributed by atoms with van der Waals surface area (Å²) in [6, 6.07) is 3.76. The molecule has 1 aliphatic heterocycles. The molecule has 1 fully saturated rings. The van der Waals surface area contributed by atoms with Gasteiger partial charge in [0.05, 0.1) is 19.8 Å². The number of nitrogens with zero attached hydrogens (tertiary/aromatic N) is 2. The van der Waals surface area contributed by atoms with Crippen molar-refractivity contribution >= 4 is 12.0 Å². The van der Waals surface area contributed by atoms with Gasteiger partial charge in [-0.05, 0) is 43.5 Å². The topological polar surface area (TPSA) is 59.1 Å². The van der Waals surface area contributed by atoms with Gasteiger partial charge in [-0.2, -0.15) is 0 Å². The zero-order chi connectivity index (χ0) is 17.0. The zero-order valence-corrected chi connectivity index (χ0v) is 14.2. The largest absolute Gasteiger partial charge is 0.496 e. The number of ether oxygens (including phenoxy) is 2. The molecule has 2 rings (SSSR count). The fraction of sp³-hybridized carbons (Fsp3) is 0.529. The van der Waals surface area contributed by atoms with Crippen molar-refractivity contribution in [1.82, 2.24) is 9.80 Å². The number of carbonyl (C=O) groups is 2. The third-order valence-electron chi connectivity index (χ3n) is 4.26. The minimum Gasteiger partial charge on any atom is -0.496 e. The molecule has 6 heteroatoms. The molecule has 6 nitrogen and oxygen atoms in total. The zero-order valence-electron chi connectivity index (χ0n) is 14.2. The summed E-state index contributed by atoms with van der Waals surface area (Å²) in [7, 11) is 2.94. The molecule has 1 heterocycles. The van der Waals surface area contributed by atoms with Crippen LogP contribution in [-0.2, 0) is 4.74 Å². The Hall–Kier alpha value is -2.24. The van der Waals surface area contributed by atoms with E-state index in [9.17, 15) is 9.59 Å². The highest BCUT2D eigenvalue weighted by Crippen LogP contribution is 2.25. The lowest BCUT2D eigenvalue weighted by atomic mass is 10.0. The average Bonchev–Trinajstić information content (AvgIpc) is 2.81. The first kappa shape index (κ1) is 17.1. The van der Waals surface area contributed by atoms with Crippen molar-refractivity contribution in [2.45, 2.75) is 20.3 Å². The van der Waals surface area contributed by atoms with Crippen LogP contribution >= 0.6 is 0 Å². The SMILES string of the molecule is COC(=O)N1CCCN(C(=O)c2cc(C)c(C)cc2OC)CC1. The van der Waals surface area contributed by atoms with Crippen LogP contribution in [0.3, 0.4) is 0 Å². The number of carbonyl (C=O) groups excluding carboxylic acids is 2. The second-order valence-electron chi connectivity index (χ2n) is 5.74. The van der Waals surface area contributed by atoms with Crippen LogP contribution in [0.15, 0.2) is 12.1 Å². The molecule has 0 unspecified atom stereocenters. The van der Waals surface area contributed by atoms with Gasteiger partial charge in [-0.1, -0.05) is 0 Å². The molecule has 0 radical (unpaired) electrons. The molecule has 0 spiro atoms. The molecule has 1 aromatic carbocycles. The van der Waals surface area contributed by atoms with Gasteiger partial charge in [-0.15, -0.1) is 0 Å². The first-order chi connectivity index (χ1) is 11.0. The molecule has 0 atom stereocenters. The third kappa shape index (κ3) is 3.75. The first-order valence-electron chi connectivity index (χ1n) is 7.75. The van der Waals surface area contributed by atoms with Gasteiger partial charge in [0.25, 0.3) is 5.91 Å². The second-order valence-corrected chi connectivity index (χ2v) is 5.74. The van der Waals surface area contributed by atoms with E-state index >= 15 is 0 Å². The monoisotopic (exact) mass is 320 g/mol. The summed E-state index contributed by atoms with van der Waals surface area (Å²) in [5.74, 6) is 0.531. The number of aryl methyl sites for hydroxylation is 2. The van der Waals surface area contributed by atoms with E-state index in [1.807, 2.05) is 26.0 Å². The quantitative estimate of drug-likeness (QED) is 0.838. The summed E-state index contributed by atoms with van der Waals surface area (Å²) in [5, 5.41) is 0. The Morgan fingerprint density at radius 2 is 1.57 bits per heavy atom. The number of benzene rings is 1. The van der Waals surface area contributed by atoms with E-state index in [2.05, 4.69) is 0 Å². The Balaban J connectivity index is 2.18. The normalized spacial score (nSPS) is 15.1. The van der Waals surface area contributed by atoms with E-state index < -0.39 is 0 Å². The van der Waals surface area contributed by atoms with E-state index in [4.69, 9.17) is 9.47 Å². The van der Waals surface area contributed by atoms with Crippen molar-refractivity contribution in [3.8, 4) is 5.75 Å². The van der Waals surface area contributed by atoms with E-state index in [1.54, 1.807) is 16.9 Å². The highest BCUT2D eigenvalue weighted by Gasteiger charge is 2.25. The summed E-state index contributed by atoms with van der Waals surface area (Å²) in [5.41, 5.74) is 2.72. The molecule has 0 saturated carbocycles. The number of rotatable bonds is 2. The maximum atomic E-state index is 12.9. The van der Waals surface area contributed by atoms with Gasteiger partial charge in [0.2, 0.25) is 0 Å². The number of amides is 2. The van der Waals surface area contributed by atoms with Crippen molar-refractivity contribution in [2.24, 2.45) is 0 Å². The second kappa shape index (κ2) is 7.35. The minimum atomic E-state index is -0.344.